The topological polar surface area (TPSA) is 75.7 Å². The number of nitrogens with one attached hydrogen (secondary N) is 1. The Morgan fingerprint density at radius 3 is 2.29 bits per heavy atom. The summed E-state index contributed by atoms with van der Waals surface area (Å²) in [6.45, 7) is 3.01. The van der Waals surface area contributed by atoms with Gasteiger partial charge in [0.15, 0.2) is 9.84 Å². The van der Waals surface area contributed by atoms with Crippen LogP contribution in [-0.2, 0) is 14.6 Å². The van der Waals surface area contributed by atoms with Crippen molar-refractivity contribution in [2.45, 2.75) is 10.9 Å². The van der Waals surface area contributed by atoms with Crippen molar-refractivity contribution in [1.82, 2.24) is 10.2 Å². The molecule has 3 rings (SSSR count). The van der Waals surface area contributed by atoms with Crippen LogP contribution in [0.1, 0.15) is 22.0 Å². The van der Waals surface area contributed by atoms with Crippen molar-refractivity contribution in [3.8, 4) is 0 Å². The summed E-state index contributed by atoms with van der Waals surface area (Å²) in [6.07, 6.45) is 1.12. The maximum atomic E-state index is 13.3. The molecule has 0 bridgehead atoms. The van der Waals surface area contributed by atoms with E-state index in [1.807, 2.05) is 0 Å². The van der Waals surface area contributed by atoms with Crippen molar-refractivity contribution < 1.29 is 22.3 Å². The minimum atomic E-state index is -3.31. The lowest BCUT2D eigenvalue weighted by atomic mass is 10.0. The lowest BCUT2D eigenvalue weighted by Gasteiger charge is -2.35. The van der Waals surface area contributed by atoms with Gasteiger partial charge < -0.3 is 10.1 Å². The minimum Gasteiger partial charge on any atom is -0.379 e. The maximum absolute atomic E-state index is 13.3. The normalized spacial score (nSPS) is 16.5. The third kappa shape index (κ3) is 5.15. The molecule has 0 spiro atoms. The van der Waals surface area contributed by atoms with Crippen molar-refractivity contribution in [2.24, 2.45) is 0 Å². The van der Waals surface area contributed by atoms with E-state index in [4.69, 9.17) is 4.74 Å². The zero-order valence-corrected chi connectivity index (χ0v) is 16.4. The number of carbonyl (C=O) groups excluding carboxylic acids is 1. The SMILES string of the molecule is CS(=O)(=O)c1ccc(C(=O)NC[C@@H](c2ccc(F)cc2)N2CCOCC2)cc1. The minimum absolute atomic E-state index is 0.108. The molecule has 8 heteroatoms. The van der Waals surface area contributed by atoms with Gasteiger partial charge in [-0.3, -0.25) is 9.69 Å². The molecule has 1 amide bonds. The largest absolute Gasteiger partial charge is 0.379 e. The summed E-state index contributed by atoms with van der Waals surface area (Å²) in [5, 5.41) is 2.90. The van der Waals surface area contributed by atoms with E-state index in [1.165, 1.54) is 36.4 Å². The Morgan fingerprint density at radius 1 is 1.11 bits per heavy atom. The Balaban J connectivity index is 1.72. The molecule has 2 aromatic carbocycles. The van der Waals surface area contributed by atoms with E-state index < -0.39 is 9.84 Å². The molecule has 150 valence electrons. The summed E-state index contributed by atoms with van der Waals surface area (Å²) < 4.78 is 41.8. The Bertz CT molecular complexity index is 908. The second-order valence-corrected chi connectivity index (χ2v) is 8.74. The van der Waals surface area contributed by atoms with Gasteiger partial charge in [-0.1, -0.05) is 12.1 Å². The number of sulfone groups is 1. The first-order valence-corrected chi connectivity index (χ1v) is 10.9. The molecule has 0 aromatic heterocycles. The molecule has 6 nitrogen and oxygen atoms in total. The van der Waals surface area contributed by atoms with E-state index in [-0.39, 0.29) is 22.7 Å². The summed E-state index contributed by atoms with van der Waals surface area (Å²) >= 11 is 0. The van der Waals surface area contributed by atoms with Gasteiger partial charge in [0.25, 0.3) is 5.91 Å². The second-order valence-electron chi connectivity index (χ2n) is 6.72. The predicted molar refractivity (Wildman–Crippen MR) is 103 cm³/mol. The van der Waals surface area contributed by atoms with Crippen molar-refractivity contribution in [2.75, 3.05) is 39.1 Å². The highest BCUT2D eigenvalue weighted by molar-refractivity contribution is 7.90. The van der Waals surface area contributed by atoms with Crippen LogP contribution in [0.4, 0.5) is 4.39 Å². The number of ether oxygens (including phenoxy) is 1. The van der Waals surface area contributed by atoms with Gasteiger partial charge in [-0.15, -0.1) is 0 Å². The van der Waals surface area contributed by atoms with Gasteiger partial charge in [0, 0.05) is 31.5 Å². The summed E-state index contributed by atoms with van der Waals surface area (Å²) in [4.78, 5) is 14.9. The van der Waals surface area contributed by atoms with Gasteiger partial charge in [-0.05, 0) is 42.0 Å². The van der Waals surface area contributed by atoms with Gasteiger partial charge in [0.05, 0.1) is 24.2 Å². The summed E-state index contributed by atoms with van der Waals surface area (Å²) in [7, 11) is -3.31. The smallest absolute Gasteiger partial charge is 0.251 e. The maximum Gasteiger partial charge on any atom is 0.251 e. The molecule has 0 unspecified atom stereocenters. The van der Waals surface area contributed by atoms with Crippen molar-refractivity contribution in [1.29, 1.82) is 0 Å². The van der Waals surface area contributed by atoms with Crippen LogP contribution in [0.2, 0.25) is 0 Å². The van der Waals surface area contributed by atoms with Crippen LogP contribution in [0.5, 0.6) is 0 Å². The molecule has 1 saturated heterocycles. The fraction of sp³-hybridized carbons (Fsp3) is 0.350. The zero-order chi connectivity index (χ0) is 20.1. The van der Waals surface area contributed by atoms with Crippen molar-refractivity contribution in [3.05, 3.63) is 65.5 Å². The second kappa shape index (κ2) is 8.81. The Morgan fingerprint density at radius 2 is 1.71 bits per heavy atom. The first kappa shape index (κ1) is 20.4. The number of halogens is 1. The third-order valence-corrected chi connectivity index (χ3v) is 5.87. The number of rotatable bonds is 6. The molecule has 2 aromatic rings. The lowest BCUT2D eigenvalue weighted by molar-refractivity contribution is 0.0162. The van der Waals surface area contributed by atoms with Crippen LogP contribution in [-0.4, -0.2) is 58.3 Å². The lowest BCUT2D eigenvalue weighted by Crippen LogP contribution is -2.43. The summed E-state index contributed by atoms with van der Waals surface area (Å²) in [5.41, 5.74) is 1.29. The Hall–Kier alpha value is -2.29. The van der Waals surface area contributed by atoms with E-state index in [1.54, 1.807) is 12.1 Å². The highest BCUT2D eigenvalue weighted by Crippen LogP contribution is 2.22. The standard InChI is InChI=1S/C20H23FN2O4S/c1-28(25,26)18-8-4-16(5-9-18)20(24)22-14-19(23-10-12-27-13-11-23)15-2-6-17(21)7-3-15/h2-9,19H,10-14H2,1H3,(H,22,24)/t19-/m0/s1. The van der Waals surface area contributed by atoms with Gasteiger partial charge in [0.1, 0.15) is 5.82 Å². The number of hydrogen-bond acceptors (Lipinski definition) is 5. The van der Waals surface area contributed by atoms with E-state index >= 15 is 0 Å². The molecule has 0 aliphatic carbocycles. The molecular formula is C20H23FN2O4S. The van der Waals surface area contributed by atoms with Crippen LogP contribution >= 0.6 is 0 Å². The molecule has 0 saturated carbocycles. The molecule has 28 heavy (non-hydrogen) atoms. The fourth-order valence-corrected chi connectivity index (χ4v) is 3.81. The summed E-state index contributed by atoms with van der Waals surface area (Å²) in [6, 6.07) is 12.0. The summed E-state index contributed by atoms with van der Waals surface area (Å²) in [5.74, 6) is -0.597. The van der Waals surface area contributed by atoms with Gasteiger partial charge in [-0.2, -0.15) is 0 Å². The highest BCUT2D eigenvalue weighted by atomic mass is 32.2. The number of carbonyl (C=O) groups is 1. The molecule has 1 aliphatic rings. The van der Waals surface area contributed by atoms with Crippen LogP contribution in [0, 0.1) is 5.82 Å². The first-order valence-electron chi connectivity index (χ1n) is 9.00. The number of amides is 1. The Kier molecular flexibility index (Phi) is 6.43. The average Bonchev–Trinajstić information content (AvgIpc) is 2.69. The molecule has 1 N–H and O–H groups in total. The van der Waals surface area contributed by atoms with E-state index in [0.29, 0.717) is 25.3 Å². The fourth-order valence-electron chi connectivity index (χ4n) is 3.18. The molecule has 0 radical (unpaired) electrons. The third-order valence-electron chi connectivity index (χ3n) is 4.74. The van der Waals surface area contributed by atoms with Crippen LogP contribution in [0.15, 0.2) is 53.4 Å². The number of hydrogen-bond donors (Lipinski definition) is 1. The molecular weight excluding hydrogens is 383 g/mol. The number of nitrogens with zero attached hydrogens (tertiary/aromatic N) is 1. The van der Waals surface area contributed by atoms with E-state index in [9.17, 15) is 17.6 Å². The highest BCUT2D eigenvalue weighted by Gasteiger charge is 2.23. The van der Waals surface area contributed by atoms with Gasteiger partial charge >= 0.3 is 0 Å². The monoisotopic (exact) mass is 406 g/mol. The van der Waals surface area contributed by atoms with Crippen molar-refractivity contribution in [3.63, 3.8) is 0 Å². The van der Waals surface area contributed by atoms with Gasteiger partial charge in [-0.25, -0.2) is 12.8 Å². The molecule has 1 atom stereocenters. The predicted octanol–water partition coefficient (Wildman–Crippen LogP) is 2.03. The zero-order valence-electron chi connectivity index (χ0n) is 15.6. The van der Waals surface area contributed by atoms with Gasteiger partial charge in [0.2, 0.25) is 0 Å². The van der Waals surface area contributed by atoms with E-state index in [2.05, 4.69) is 10.2 Å². The first-order chi connectivity index (χ1) is 13.3. The quantitative estimate of drug-likeness (QED) is 0.795. The molecule has 1 aliphatic heterocycles. The molecule has 1 heterocycles. The Labute approximate surface area is 164 Å². The van der Waals surface area contributed by atoms with Crippen LogP contribution in [0.25, 0.3) is 0 Å². The van der Waals surface area contributed by atoms with Crippen LogP contribution < -0.4 is 5.32 Å². The average molecular weight is 406 g/mol. The number of morpholine rings is 1. The van der Waals surface area contributed by atoms with Crippen molar-refractivity contribution >= 4 is 15.7 Å². The molecule has 1 fully saturated rings. The number of benzene rings is 2. The van der Waals surface area contributed by atoms with E-state index in [0.717, 1.165) is 24.9 Å². The van der Waals surface area contributed by atoms with Crippen LogP contribution in [0.3, 0.4) is 0 Å².